The van der Waals surface area contributed by atoms with Crippen LogP contribution in [-0.2, 0) is 25.8 Å². The third-order valence-corrected chi connectivity index (χ3v) is 7.87. The number of aromatic nitrogens is 1. The van der Waals surface area contributed by atoms with Crippen LogP contribution in [0.1, 0.15) is 25.0 Å². The topological polar surface area (TPSA) is 110 Å². The second kappa shape index (κ2) is 6.53. The minimum atomic E-state index is -3.31. The van der Waals surface area contributed by atoms with Gasteiger partial charge in [0, 0.05) is 49.9 Å². The highest BCUT2D eigenvalue weighted by molar-refractivity contribution is 7.92. The van der Waals surface area contributed by atoms with Crippen molar-refractivity contribution in [1.82, 2.24) is 15.4 Å². The largest absolute Gasteiger partial charge is 0.360 e. The normalized spacial score (nSPS) is 29.6. The van der Waals surface area contributed by atoms with E-state index in [1.807, 2.05) is 0 Å². The van der Waals surface area contributed by atoms with Crippen LogP contribution in [0, 0.1) is 11.8 Å². The summed E-state index contributed by atoms with van der Waals surface area (Å²) in [6, 6.07) is 1.16. The molecule has 1 aliphatic carbocycles. The van der Waals surface area contributed by atoms with Crippen LogP contribution in [0.15, 0.2) is 10.6 Å². The molecule has 1 N–H and O–H groups in total. The van der Waals surface area contributed by atoms with Gasteiger partial charge in [-0.05, 0) is 12.8 Å². The standard InChI is InChI=1S/C16H20ClN3O5S/c17-14-5-10(25-19-14)3-4-15(21)20-6-11-12(18-16(22)9-1-2-9)8-26(23,24)13(11)7-20/h5,9,11-13H,1-4,6-8H2,(H,18,22)/t11-,12+,13-/m0/s1. The molecule has 26 heavy (non-hydrogen) atoms. The van der Waals surface area contributed by atoms with Crippen molar-refractivity contribution in [3.63, 3.8) is 0 Å². The number of carbonyl (C=O) groups is 2. The van der Waals surface area contributed by atoms with Crippen molar-refractivity contribution in [2.24, 2.45) is 11.8 Å². The summed E-state index contributed by atoms with van der Waals surface area (Å²) in [5.41, 5.74) is 0. The maximum absolute atomic E-state index is 12.5. The lowest BCUT2D eigenvalue weighted by Crippen LogP contribution is -2.43. The van der Waals surface area contributed by atoms with Gasteiger partial charge >= 0.3 is 0 Å². The van der Waals surface area contributed by atoms with E-state index in [4.69, 9.17) is 16.1 Å². The Labute approximate surface area is 156 Å². The summed E-state index contributed by atoms with van der Waals surface area (Å²) in [7, 11) is -3.31. The minimum absolute atomic E-state index is 0.0284. The van der Waals surface area contributed by atoms with Crippen LogP contribution < -0.4 is 5.32 Å². The van der Waals surface area contributed by atoms with Gasteiger partial charge in [-0.1, -0.05) is 16.8 Å². The zero-order chi connectivity index (χ0) is 18.5. The van der Waals surface area contributed by atoms with Crippen LogP contribution >= 0.6 is 11.6 Å². The van der Waals surface area contributed by atoms with Gasteiger partial charge in [0.25, 0.3) is 0 Å². The molecule has 8 nitrogen and oxygen atoms in total. The third kappa shape index (κ3) is 3.46. The molecule has 2 amide bonds. The number of hydrogen-bond acceptors (Lipinski definition) is 6. The number of fused-ring (bicyclic) bond motifs is 1. The zero-order valence-electron chi connectivity index (χ0n) is 14.1. The Hall–Kier alpha value is -1.61. The van der Waals surface area contributed by atoms with Crippen LogP contribution in [0.2, 0.25) is 5.15 Å². The molecular formula is C16H20ClN3O5S. The van der Waals surface area contributed by atoms with Crippen molar-refractivity contribution in [3.05, 3.63) is 17.0 Å². The molecule has 0 bridgehead atoms. The van der Waals surface area contributed by atoms with E-state index in [0.29, 0.717) is 18.7 Å². The second-order valence-corrected chi connectivity index (χ2v) is 9.99. The first-order valence-corrected chi connectivity index (χ1v) is 10.8. The van der Waals surface area contributed by atoms with Crippen LogP contribution in [0.25, 0.3) is 0 Å². The average molecular weight is 402 g/mol. The van der Waals surface area contributed by atoms with Gasteiger partial charge in [0.15, 0.2) is 15.0 Å². The fourth-order valence-corrected chi connectivity index (χ4v) is 6.31. The van der Waals surface area contributed by atoms with Gasteiger partial charge in [0.05, 0.1) is 11.0 Å². The molecule has 1 saturated carbocycles. The van der Waals surface area contributed by atoms with Crippen LogP contribution in [0.4, 0.5) is 0 Å². The lowest BCUT2D eigenvalue weighted by Gasteiger charge is -2.21. The number of carbonyl (C=O) groups excluding carboxylic acids is 2. The quantitative estimate of drug-likeness (QED) is 0.765. The fraction of sp³-hybridized carbons (Fsp3) is 0.688. The summed E-state index contributed by atoms with van der Waals surface area (Å²) in [4.78, 5) is 26.1. The highest BCUT2D eigenvalue weighted by atomic mass is 35.5. The third-order valence-electron chi connectivity index (χ3n) is 5.44. The Bertz CT molecular complexity index is 835. The lowest BCUT2D eigenvalue weighted by atomic mass is 10.0. The molecule has 0 radical (unpaired) electrons. The van der Waals surface area contributed by atoms with E-state index in [1.54, 1.807) is 11.0 Å². The monoisotopic (exact) mass is 401 g/mol. The Morgan fingerprint density at radius 1 is 1.35 bits per heavy atom. The van der Waals surface area contributed by atoms with Crippen molar-refractivity contribution in [2.75, 3.05) is 18.8 Å². The summed E-state index contributed by atoms with van der Waals surface area (Å²) in [5, 5.41) is 6.11. The van der Waals surface area contributed by atoms with Gasteiger partial charge < -0.3 is 14.7 Å². The number of sulfone groups is 1. The number of likely N-dealkylation sites (tertiary alicyclic amines) is 1. The predicted octanol–water partition coefficient (Wildman–Crippen LogP) is 0.411. The summed E-state index contributed by atoms with van der Waals surface area (Å²) in [5.74, 6) is 0.104. The molecule has 0 aromatic carbocycles. The average Bonchev–Trinajstić information content (AvgIpc) is 3.11. The Balaban J connectivity index is 1.38. The Morgan fingerprint density at radius 2 is 2.12 bits per heavy atom. The van der Waals surface area contributed by atoms with E-state index in [2.05, 4.69) is 10.5 Å². The van der Waals surface area contributed by atoms with Gasteiger partial charge in [-0.25, -0.2) is 8.42 Å². The fourth-order valence-electron chi connectivity index (χ4n) is 3.86. The molecule has 1 aromatic heterocycles. The number of nitrogens with one attached hydrogen (secondary N) is 1. The molecule has 3 atom stereocenters. The molecule has 3 fully saturated rings. The molecule has 2 saturated heterocycles. The number of nitrogens with zero attached hydrogens (tertiary/aromatic N) is 2. The number of rotatable bonds is 5. The lowest BCUT2D eigenvalue weighted by molar-refractivity contribution is -0.130. The van der Waals surface area contributed by atoms with E-state index < -0.39 is 21.1 Å². The maximum Gasteiger partial charge on any atom is 0.223 e. The van der Waals surface area contributed by atoms with Crippen molar-refractivity contribution < 1.29 is 22.5 Å². The van der Waals surface area contributed by atoms with E-state index in [-0.39, 0.29) is 47.5 Å². The maximum atomic E-state index is 12.5. The number of amides is 2. The Morgan fingerprint density at radius 3 is 2.77 bits per heavy atom. The molecule has 2 aliphatic heterocycles. The number of halogens is 1. The van der Waals surface area contributed by atoms with Gasteiger partial charge in [-0.15, -0.1) is 0 Å². The van der Waals surface area contributed by atoms with Gasteiger partial charge in [-0.3, -0.25) is 9.59 Å². The molecular weight excluding hydrogens is 382 g/mol. The van der Waals surface area contributed by atoms with Gasteiger partial charge in [0.1, 0.15) is 5.76 Å². The molecule has 10 heteroatoms. The van der Waals surface area contributed by atoms with Crippen molar-refractivity contribution >= 4 is 33.3 Å². The van der Waals surface area contributed by atoms with Crippen LogP contribution in [0.5, 0.6) is 0 Å². The van der Waals surface area contributed by atoms with E-state index in [9.17, 15) is 18.0 Å². The summed E-state index contributed by atoms with van der Waals surface area (Å²) in [6.07, 6.45) is 2.30. The highest BCUT2D eigenvalue weighted by Gasteiger charge is 2.53. The minimum Gasteiger partial charge on any atom is -0.360 e. The first kappa shape index (κ1) is 17.8. The number of aryl methyl sites for hydroxylation is 1. The molecule has 1 aromatic rings. The smallest absolute Gasteiger partial charge is 0.223 e. The highest BCUT2D eigenvalue weighted by Crippen LogP contribution is 2.36. The van der Waals surface area contributed by atoms with Crippen molar-refractivity contribution in [2.45, 2.75) is 37.0 Å². The number of hydrogen-bond donors (Lipinski definition) is 1. The SMILES string of the molecule is O=C(N[C@@H]1CS(=O)(=O)[C@H]2CN(C(=O)CCc3cc(Cl)no3)C[C@@H]12)C1CC1. The van der Waals surface area contributed by atoms with Gasteiger partial charge in [0.2, 0.25) is 11.8 Å². The molecule has 142 valence electrons. The van der Waals surface area contributed by atoms with Crippen LogP contribution in [-0.4, -0.2) is 60.4 Å². The molecule has 3 heterocycles. The van der Waals surface area contributed by atoms with E-state index in [1.165, 1.54) is 0 Å². The van der Waals surface area contributed by atoms with Crippen LogP contribution in [0.3, 0.4) is 0 Å². The zero-order valence-corrected chi connectivity index (χ0v) is 15.6. The molecule has 0 unspecified atom stereocenters. The first-order chi connectivity index (χ1) is 12.3. The van der Waals surface area contributed by atoms with Crippen molar-refractivity contribution in [3.8, 4) is 0 Å². The second-order valence-electron chi connectivity index (χ2n) is 7.34. The molecule has 3 aliphatic rings. The predicted molar refractivity (Wildman–Crippen MR) is 92.1 cm³/mol. The Kier molecular flexibility index (Phi) is 4.46. The summed E-state index contributed by atoms with van der Waals surface area (Å²) >= 11 is 5.68. The summed E-state index contributed by atoms with van der Waals surface area (Å²) in [6.45, 7) is 0.550. The molecule has 0 spiro atoms. The summed E-state index contributed by atoms with van der Waals surface area (Å²) < 4.78 is 29.9. The molecule has 4 rings (SSSR count). The van der Waals surface area contributed by atoms with Gasteiger partial charge in [-0.2, -0.15) is 0 Å². The van der Waals surface area contributed by atoms with E-state index >= 15 is 0 Å². The van der Waals surface area contributed by atoms with Crippen molar-refractivity contribution in [1.29, 1.82) is 0 Å². The first-order valence-electron chi connectivity index (χ1n) is 8.74. The van der Waals surface area contributed by atoms with E-state index in [0.717, 1.165) is 12.8 Å².